The van der Waals surface area contributed by atoms with Crippen LogP contribution in [0.25, 0.3) is 0 Å². The monoisotopic (exact) mass is 452 g/mol. The minimum Gasteiger partial charge on any atom is -0.368 e. The van der Waals surface area contributed by atoms with Crippen LogP contribution in [0.5, 0.6) is 0 Å². The van der Waals surface area contributed by atoms with E-state index in [-0.39, 0.29) is 18.1 Å². The molecule has 1 heterocycles. The maximum atomic E-state index is 12.3. The molecule has 0 atom stereocenters. The van der Waals surface area contributed by atoms with Crippen molar-refractivity contribution in [3.8, 4) is 0 Å². The Labute approximate surface area is 170 Å². The number of nitro groups is 1. The van der Waals surface area contributed by atoms with Gasteiger partial charge in [-0.2, -0.15) is 0 Å². The number of nitrogens with one attached hydrogen (secondary N) is 1. The molecule has 0 bridgehead atoms. The van der Waals surface area contributed by atoms with Gasteiger partial charge in [0, 0.05) is 42.8 Å². The third-order valence-electron chi connectivity index (χ3n) is 4.37. The van der Waals surface area contributed by atoms with Crippen molar-refractivity contribution in [3.63, 3.8) is 0 Å². The Kier molecular flexibility index (Phi) is 6.30. The van der Waals surface area contributed by atoms with Gasteiger partial charge in [0.15, 0.2) is 0 Å². The quantitative estimate of drug-likeness (QED) is 0.551. The van der Waals surface area contributed by atoms with Crippen LogP contribution in [0, 0.1) is 10.1 Å². The van der Waals surface area contributed by atoms with E-state index in [2.05, 4.69) is 31.0 Å². The van der Waals surface area contributed by atoms with Crippen LogP contribution in [0.4, 0.5) is 17.1 Å². The summed E-state index contributed by atoms with van der Waals surface area (Å²) in [5, 5.41) is 14.3. The van der Waals surface area contributed by atoms with Crippen LogP contribution in [0.15, 0.2) is 46.9 Å². The van der Waals surface area contributed by atoms with Gasteiger partial charge < -0.3 is 10.2 Å². The lowest BCUT2D eigenvalue weighted by molar-refractivity contribution is -0.384. The molecule has 1 saturated heterocycles. The van der Waals surface area contributed by atoms with Crippen LogP contribution in [-0.4, -0.2) is 48.5 Å². The Morgan fingerprint density at radius 2 is 1.89 bits per heavy atom. The summed E-state index contributed by atoms with van der Waals surface area (Å²) >= 11 is 9.51. The van der Waals surface area contributed by atoms with Crippen molar-refractivity contribution in [3.05, 3.63) is 62.1 Å². The largest absolute Gasteiger partial charge is 0.368 e. The highest BCUT2D eigenvalue weighted by molar-refractivity contribution is 9.10. The third kappa shape index (κ3) is 4.97. The fourth-order valence-electron chi connectivity index (χ4n) is 2.97. The van der Waals surface area contributed by atoms with Crippen LogP contribution in [0.1, 0.15) is 0 Å². The number of benzene rings is 2. The minimum absolute atomic E-state index is 0.0319. The number of anilines is 2. The molecule has 1 amide bonds. The molecule has 0 spiro atoms. The normalized spacial score (nSPS) is 14.8. The van der Waals surface area contributed by atoms with E-state index in [0.29, 0.717) is 10.2 Å². The summed E-state index contributed by atoms with van der Waals surface area (Å²) in [5.41, 5.74) is 1.49. The molecule has 0 radical (unpaired) electrons. The summed E-state index contributed by atoms with van der Waals surface area (Å²) in [7, 11) is 0. The summed E-state index contributed by atoms with van der Waals surface area (Å²) in [6.07, 6.45) is 0. The van der Waals surface area contributed by atoms with Crippen molar-refractivity contribution in [2.24, 2.45) is 0 Å². The summed E-state index contributed by atoms with van der Waals surface area (Å²) in [6, 6.07) is 12.0. The summed E-state index contributed by atoms with van der Waals surface area (Å²) in [6.45, 7) is 3.34. The Hall–Kier alpha value is -2.16. The van der Waals surface area contributed by atoms with Gasteiger partial charge in [-0.3, -0.25) is 19.8 Å². The molecule has 1 aliphatic rings. The summed E-state index contributed by atoms with van der Waals surface area (Å²) in [4.78, 5) is 26.9. The molecule has 9 heteroatoms. The first-order valence-corrected chi connectivity index (χ1v) is 9.57. The highest BCUT2D eigenvalue weighted by Crippen LogP contribution is 2.28. The fraction of sp³-hybridized carbons (Fsp3) is 0.278. The Bertz CT molecular complexity index is 856. The van der Waals surface area contributed by atoms with Crippen LogP contribution in [0.2, 0.25) is 5.02 Å². The van der Waals surface area contributed by atoms with Crippen LogP contribution in [-0.2, 0) is 4.79 Å². The number of nitro benzene ring substituents is 1. The molecule has 3 rings (SSSR count). The highest BCUT2D eigenvalue weighted by Gasteiger charge is 2.21. The van der Waals surface area contributed by atoms with Crippen LogP contribution < -0.4 is 10.2 Å². The lowest BCUT2D eigenvalue weighted by Gasteiger charge is -2.36. The van der Waals surface area contributed by atoms with E-state index >= 15 is 0 Å². The zero-order valence-corrected chi connectivity index (χ0v) is 16.7. The Morgan fingerprint density at radius 3 is 2.52 bits per heavy atom. The van der Waals surface area contributed by atoms with E-state index < -0.39 is 4.92 Å². The standard InChI is InChI=1S/C18H18BrClN4O3/c19-14-11-13(24(26)27)5-6-16(14)21-18(25)12-22-7-9-23(10-8-22)17-4-2-1-3-15(17)20/h1-6,11H,7-10,12H2,(H,21,25). The maximum Gasteiger partial charge on any atom is 0.270 e. The second kappa shape index (κ2) is 8.69. The van der Waals surface area contributed by atoms with Crippen molar-refractivity contribution in [2.75, 3.05) is 42.9 Å². The first-order chi connectivity index (χ1) is 12.9. The lowest BCUT2D eigenvalue weighted by atomic mass is 10.2. The summed E-state index contributed by atoms with van der Waals surface area (Å²) in [5.74, 6) is -0.157. The number of rotatable bonds is 5. The summed E-state index contributed by atoms with van der Waals surface area (Å²) < 4.78 is 0.480. The van der Waals surface area contributed by atoms with Gasteiger partial charge in [0.1, 0.15) is 0 Å². The van der Waals surface area contributed by atoms with Gasteiger partial charge in [-0.05, 0) is 34.1 Å². The number of non-ortho nitro benzene ring substituents is 1. The van der Waals surface area contributed by atoms with Gasteiger partial charge in [-0.25, -0.2) is 0 Å². The first-order valence-electron chi connectivity index (χ1n) is 8.39. The second-order valence-electron chi connectivity index (χ2n) is 6.18. The number of amides is 1. The van der Waals surface area contributed by atoms with E-state index in [1.54, 1.807) is 0 Å². The van der Waals surface area contributed by atoms with E-state index in [0.717, 1.165) is 36.9 Å². The third-order valence-corrected chi connectivity index (χ3v) is 5.35. The molecular formula is C18H18BrClN4O3. The van der Waals surface area contributed by atoms with Crippen molar-refractivity contribution in [1.29, 1.82) is 0 Å². The van der Waals surface area contributed by atoms with E-state index in [9.17, 15) is 14.9 Å². The van der Waals surface area contributed by atoms with E-state index in [1.165, 1.54) is 18.2 Å². The smallest absolute Gasteiger partial charge is 0.270 e. The van der Waals surface area contributed by atoms with Crippen LogP contribution in [0.3, 0.4) is 0 Å². The van der Waals surface area contributed by atoms with E-state index in [4.69, 9.17) is 11.6 Å². The fourth-order valence-corrected chi connectivity index (χ4v) is 3.69. The average molecular weight is 454 g/mol. The molecular weight excluding hydrogens is 436 g/mol. The first kappa shape index (κ1) is 19.6. The molecule has 1 aliphatic heterocycles. The predicted octanol–water partition coefficient (Wildman–Crippen LogP) is 3.77. The van der Waals surface area contributed by atoms with Crippen molar-refractivity contribution >= 4 is 50.5 Å². The van der Waals surface area contributed by atoms with Gasteiger partial charge in [0.25, 0.3) is 5.69 Å². The molecule has 2 aromatic rings. The van der Waals surface area contributed by atoms with E-state index in [1.807, 2.05) is 24.3 Å². The second-order valence-corrected chi connectivity index (χ2v) is 7.45. The number of carbonyl (C=O) groups is 1. The van der Waals surface area contributed by atoms with Gasteiger partial charge in [-0.1, -0.05) is 23.7 Å². The number of carbonyl (C=O) groups excluding carboxylic acids is 1. The Balaban J connectivity index is 1.53. The average Bonchev–Trinajstić information content (AvgIpc) is 2.64. The van der Waals surface area contributed by atoms with Crippen molar-refractivity contribution in [2.45, 2.75) is 0 Å². The zero-order chi connectivity index (χ0) is 19.4. The number of piperazine rings is 1. The minimum atomic E-state index is -0.477. The Morgan fingerprint density at radius 1 is 1.19 bits per heavy atom. The van der Waals surface area contributed by atoms with Gasteiger partial charge in [0.05, 0.1) is 27.9 Å². The molecule has 1 N–H and O–H groups in total. The zero-order valence-electron chi connectivity index (χ0n) is 14.4. The number of hydrogen-bond acceptors (Lipinski definition) is 5. The molecule has 0 aliphatic carbocycles. The number of halogens is 2. The van der Waals surface area contributed by atoms with Gasteiger partial charge >= 0.3 is 0 Å². The van der Waals surface area contributed by atoms with Crippen molar-refractivity contribution < 1.29 is 9.72 Å². The molecule has 7 nitrogen and oxygen atoms in total. The molecule has 1 fully saturated rings. The SMILES string of the molecule is O=C(CN1CCN(c2ccccc2Cl)CC1)Nc1ccc([N+](=O)[O-])cc1Br. The number of para-hydroxylation sites is 1. The van der Waals surface area contributed by atoms with Crippen molar-refractivity contribution in [1.82, 2.24) is 4.90 Å². The topological polar surface area (TPSA) is 78.7 Å². The van der Waals surface area contributed by atoms with Crippen LogP contribution >= 0.6 is 27.5 Å². The molecule has 0 saturated carbocycles. The highest BCUT2D eigenvalue weighted by atomic mass is 79.9. The molecule has 0 aromatic heterocycles. The molecule has 142 valence electrons. The van der Waals surface area contributed by atoms with Gasteiger partial charge in [-0.15, -0.1) is 0 Å². The lowest BCUT2D eigenvalue weighted by Crippen LogP contribution is -2.48. The maximum absolute atomic E-state index is 12.3. The molecule has 27 heavy (non-hydrogen) atoms. The predicted molar refractivity (Wildman–Crippen MR) is 110 cm³/mol. The van der Waals surface area contributed by atoms with Gasteiger partial charge in [0.2, 0.25) is 5.91 Å². The number of hydrogen-bond donors (Lipinski definition) is 1. The number of nitrogens with zero attached hydrogens (tertiary/aromatic N) is 3. The molecule has 0 unspecified atom stereocenters. The molecule has 2 aromatic carbocycles.